The molecule has 16 heavy (non-hydrogen) atoms. The second-order valence-electron chi connectivity index (χ2n) is 5.40. The second-order valence-corrected chi connectivity index (χ2v) is 5.40. The summed E-state index contributed by atoms with van der Waals surface area (Å²) in [5.74, 6) is 0.876. The van der Waals surface area contributed by atoms with Gasteiger partial charge in [-0.1, -0.05) is 6.92 Å². The third-order valence-corrected chi connectivity index (χ3v) is 3.93. The van der Waals surface area contributed by atoms with Gasteiger partial charge in [0.15, 0.2) is 0 Å². The fraction of sp³-hybridized carbons (Fsp3) is 1.00. The third-order valence-electron chi connectivity index (χ3n) is 3.93. The highest BCUT2D eigenvalue weighted by Crippen LogP contribution is 2.36. The predicted molar refractivity (Wildman–Crippen MR) is 64.6 cm³/mol. The maximum absolute atomic E-state index is 6.28. The number of rotatable bonds is 3. The Labute approximate surface area is 98.9 Å². The summed E-state index contributed by atoms with van der Waals surface area (Å²) < 4.78 is 11.7. The topological polar surface area (TPSA) is 30.5 Å². The largest absolute Gasteiger partial charge is 0.379 e. The summed E-state index contributed by atoms with van der Waals surface area (Å²) in [6.07, 6.45) is 5.29. The Kier molecular flexibility index (Phi) is 4.22. The van der Waals surface area contributed by atoms with E-state index in [0.29, 0.717) is 0 Å². The molecule has 1 atom stereocenters. The van der Waals surface area contributed by atoms with E-state index >= 15 is 0 Å². The molecule has 0 aromatic rings. The van der Waals surface area contributed by atoms with E-state index in [1.54, 1.807) is 0 Å². The lowest BCUT2D eigenvalue weighted by Gasteiger charge is -2.45. The summed E-state index contributed by atoms with van der Waals surface area (Å²) in [6.45, 7) is 7.87. The van der Waals surface area contributed by atoms with Crippen LogP contribution in [0.4, 0.5) is 0 Å². The van der Waals surface area contributed by atoms with Crippen LogP contribution in [0.3, 0.4) is 0 Å². The van der Waals surface area contributed by atoms with Crippen LogP contribution >= 0.6 is 0 Å². The molecule has 0 radical (unpaired) electrons. The van der Waals surface area contributed by atoms with Crippen molar-refractivity contribution in [2.45, 2.75) is 51.2 Å². The predicted octanol–water partition coefficient (Wildman–Crippen LogP) is 1.96. The first-order valence-corrected chi connectivity index (χ1v) is 6.70. The molecule has 1 saturated heterocycles. The van der Waals surface area contributed by atoms with Gasteiger partial charge in [-0.05, 0) is 38.5 Å². The first kappa shape index (κ1) is 12.3. The highest BCUT2D eigenvalue weighted by atomic mass is 16.5. The summed E-state index contributed by atoms with van der Waals surface area (Å²) in [6, 6.07) is 0. The lowest BCUT2D eigenvalue weighted by molar-refractivity contribution is -0.155. The molecule has 94 valence electrons. The van der Waals surface area contributed by atoms with E-state index in [1.807, 2.05) is 6.92 Å². The number of morpholine rings is 1. The van der Waals surface area contributed by atoms with Crippen LogP contribution in [0.5, 0.6) is 0 Å². The van der Waals surface area contributed by atoms with Crippen LogP contribution in [-0.2, 0) is 9.47 Å². The van der Waals surface area contributed by atoms with Gasteiger partial charge in [0.1, 0.15) is 0 Å². The van der Waals surface area contributed by atoms with Crippen molar-refractivity contribution >= 4 is 0 Å². The van der Waals surface area contributed by atoms with E-state index in [1.165, 1.54) is 25.7 Å². The molecule has 1 aliphatic heterocycles. The van der Waals surface area contributed by atoms with Crippen molar-refractivity contribution in [3.63, 3.8) is 0 Å². The Morgan fingerprint density at radius 3 is 2.81 bits per heavy atom. The van der Waals surface area contributed by atoms with E-state index in [4.69, 9.17) is 9.47 Å². The van der Waals surface area contributed by atoms with Crippen LogP contribution in [0.25, 0.3) is 0 Å². The van der Waals surface area contributed by atoms with Gasteiger partial charge in [-0.25, -0.2) is 0 Å². The monoisotopic (exact) mass is 227 g/mol. The standard InChI is InChI=1S/C13H25NO2/c1-3-15-9-12-8-14-10-13(16-12)6-4-11(2)5-7-13/h11-12,14H,3-10H2,1-2H3. The molecule has 1 saturated carbocycles. The Hall–Kier alpha value is -0.120. The highest BCUT2D eigenvalue weighted by Gasteiger charge is 2.39. The van der Waals surface area contributed by atoms with Crippen molar-refractivity contribution in [3.8, 4) is 0 Å². The Bertz CT molecular complexity index is 212. The summed E-state index contributed by atoms with van der Waals surface area (Å²) in [4.78, 5) is 0. The lowest BCUT2D eigenvalue weighted by atomic mass is 9.78. The first-order valence-electron chi connectivity index (χ1n) is 6.70. The van der Waals surface area contributed by atoms with Gasteiger partial charge in [0.2, 0.25) is 0 Å². The van der Waals surface area contributed by atoms with Crippen LogP contribution in [0.2, 0.25) is 0 Å². The fourth-order valence-electron chi connectivity index (χ4n) is 2.82. The van der Waals surface area contributed by atoms with Crippen molar-refractivity contribution in [2.24, 2.45) is 5.92 Å². The molecule has 3 nitrogen and oxygen atoms in total. The molecular formula is C13H25NO2. The molecule has 0 aromatic heterocycles. The zero-order valence-electron chi connectivity index (χ0n) is 10.6. The van der Waals surface area contributed by atoms with E-state index in [-0.39, 0.29) is 11.7 Å². The molecular weight excluding hydrogens is 202 g/mol. The molecule has 1 heterocycles. The maximum Gasteiger partial charge on any atom is 0.0940 e. The minimum absolute atomic E-state index is 0.118. The smallest absolute Gasteiger partial charge is 0.0940 e. The third kappa shape index (κ3) is 2.96. The molecule has 2 aliphatic rings. The summed E-state index contributed by atoms with van der Waals surface area (Å²) in [7, 11) is 0. The average Bonchev–Trinajstić information content (AvgIpc) is 2.31. The SMILES string of the molecule is CCOCC1CNCC2(CCC(C)CC2)O1. The lowest BCUT2D eigenvalue weighted by Crippen LogP contribution is -2.56. The summed E-state index contributed by atoms with van der Waals surface area (Å²) in [5.41, 5.74) is 0.118. The van der Waals surface area contributed by atoms with E-state index in [2.05, 4.69) is 12.2 Å². The zero-order chi connectivity index (χ0) is 11.4. The van der Waals surface area contributed by atoms with Crippen LogP contribution in [0.15, 0.2) is 0 Å². The average molecular weight is 227 g/mol. The molecule has 1 unspecified atom stereocenters. The van der Waals surface area contributed by atoms with Gasteiger partial charge in [-0.3, -0.25) is 0 Å². The van der Waals surface area contributed by atoms with Gasteiger partial charge in [0.25, 0.3) is 0 Å². The van der Waals surface area contributed by atoms with Gasteiger partial charge < -0.3 is 14.8 Å². The minimum atomic E-state index is 0.118. The van der Waals surface area contributed by atoms with Crippen molar-refractivity contribution in [1.29, 1.82) is 0 Å². The molecule has 2 fully saturated rings. The molecule has 0 amide bonds. The summed E-state index contributed by atoms with van der Waals surface area (Å²) in [5, 5.41) is 3.51. The van der Waals surface area contributed by atoms with Crippen molar-refractivity contribution < 1.29 is 9.47 Å². The highest BCUT2D eigenvalue weighted by molar-refractivity contribution is 4.92. The van der Waals surface area contributed by atoms with Gasteiger partial charge in [-0.15, -0.1) is 0 Å². The Balaban J connectivity index is 1.85. The van der Waals surface area contributed by atoms with Gasteiger partial charge in [0, 0.05) is 19.7 Å². The molecule has 0 aromatic carbocycles. The van der Waals surface area contributed by atoms with Crippen molar-refractivity contribution in [2.75, 3.05) is 26.3 Å². The van der Waals surface area contributed by atoms with Crippen LogP contribution in [0.1, 0.15) is 39.5 Å². The van der Waals surface area contributed by atoms with Crippen molar-refractivity contribution in [1.82, 2.24) is 5.32 Å². The van der Waals surface area contributed by atoms with Crippen molar-refractivity contribution in [3.05, 3.63) is 0 Å². The van der Waals surface area contributed by atoms with Gasteiger partial charge in [0.05, 0.1) is 18.3 Å². The fourth-order valence-corrected chi connectivity index (χ4v) is 2.82. The molecule has 0 bridgehead atoms. The maximum atomic E-state index is 6.28. The quantitative estimate of drug-likeness (QED) is 0.799. The van der Waals surface area contributed by atoms with E-state index in [9.17, 15) is 0 Å². The van der Waals surface area contributed by atoms with Crippen LogP contribution < -0.4 is 5.32 Å². The normalized spacial score (nSPS) is 40.1. The Morgan fingerprint density at radius 1 is 1.38 bits per heavy atom. The molecule has 1 aliphatic carbocycles. The van der Waals surface area contributed by atoms with E-state index < -0.39 is 0 Å². The van der Waals surface area contributed by atoms with Gasteiger partial charge >= 0.3 is 0 Å². The molecule has 2 rings (SSSR count). The van der Waals surface area contributed by atoms with Crippen LogP contribution in [-0.4, -0.2) is 38.0 Å². The Morgan fingerprint density at radius 2 is 2.12 bits per heavy atom. The molecule has 1 spiro atoms. The second kappa shape index (κ2) is 5.48. The molecule has 1 N–H and O–H groups in total. The zero-order valence-corrected chi connectivity index (χ0v) is 10.6. The van der Waals surface area contributed by atoms with Crippen LogP contribution in [0, 0.1) is 5.92 Å². The number of hydrogen-bond acceptors (Lipinski definition) is 3. The minimum Gasteiger partial charge on any atom is -0.379 e. The van der Waals surface area contributed by atoms with E-state index in [0.717, 1.165) is 32.2 Å². The number of hydrogen-bond donors (Lipinski definition) is 1. The van der Waals surface area contributed by atoms with Gasteiger partial charge in [-0.2, -0.15) is 0 Å². The molecule has 3 heteroatoms. The number of ether oxygens (including phenoxy) is 2. The summed E-state index contributed by atoms with van der Waals surface area (Å²) >= 11 is 0. The first-order chi connectivity index (χ1) is 7.74. The number of nitrogens with one attached hydrogen (secondary N) is 1.